The van der Waals surface area contributed by atoms with Crippen molar-refractivity contribution in [3.05, 3.63) is 65.5 Å². The lowest BCUT2D eigenvalue weighted by atomic mass is 9.91. The molecule has 0 spiro atoms. The van der Waals surface area contributed by atoms with Crippen LogP contribution in [0.25, 0.3) is 16.9 Å². The maximum atomic E-state index is 13.4. The zero-order valence-corrected chi connectivity index (χ0v) is 22.3. The van der Waals surface area contributed by atoms with E-state index >= 15 is 0 Å². The SMILES string of the molecule is CN1C(=O)c2cccc(OC(F)F)c2C2CC1c1nc3ncc(-c4cnc(N5CCN(CCO)CC5)nc4)cn3c12. The van der Waals surface area contributed by atoms with Gasteiger partial charge >= 0.3 is 6.61 Å². The van der Waals surface area contributed by atoms with E-state index in [0.717, 1.165) is 43.0 Å². The summed E-state index contributed by atoms with van der Waals surface area (Å²) in [5.74, 6) is 0.469. The van der Waals surface area contributed by atoms with E-state index in [9.17, 15) is 18.7 Å². The van der Waals surface area contributed by atoms with E-state index in [4.69, 9.17) is 9.72 Å². The zero-order chi connectivity index (χ0) is 28.2. The molecule has 5 heterocycles. The van der Waals surface area contributed by atoms with Gasteiger partial charge in [-0.15, -0.1) is 0 Å². The molecular weight excluding hydrogens is 534 g/mol. The highest BCUT2D eigenvalue weighted by atomic mass is 19.3. The molecule has 1 N–H and O–H groups in total. The number of ether oxygens (including phenoxy) is 1. The third-order valence-electron chi connectivity index (χ3n) is 8.34. The summed E-state index contributed by atoms with van der Waals surface area (Å²) >= 11 is 0. The molecule has 41 heavy (non-hydrogen) atoms. The zero-order valence-electron chi connectivity index (χ0n) is 22.3. The molecular formula is C28H28F2N8O3. The minimum atomic E-state index is -3.02. The highest BCUT2D eigenvalue weighted by Crippen LogP contribution is 2.52. The Bertz CT molecular complexity index is 1620. The van der Waals surface area contributed by atoms with Crippen LogP contribution in [-0.2, 0) is 0 Å². The van der Waals surface area contributed by atoms with Crippen LogP contribution in [0.5, 0.6) is 5.75 Å². The number of piperazine rings is 1. The molecule has 11 nitrogen and oxygen atoms in total. The largest absolute Gasteiger partial charge is 0.434 e. The Labute approximate surface area is 234 Å². The lowest BCUT2D eigenvalue weighted by Crippen LogP contribution is -2.47. The number of nitrogens with zero attached hydrogens (tertiary/aromatic N) is 8. The fourth-order valence-electron chi connectivity index (χ4n) is 6.32. The van der Waals surface area contributed by atoms with Crippen molar-refractivity contribution < 1.29 is 23.4 Å². The number of carbonyl (C=O) groups is 1. The van der Waals surface area contributed by atoms with Gasteiger partial charge in [-0.05, 0) is 18.6 Å². The van der Waals surface area contributed by atoms with Crippen molar-refractivity contribution in [3.63, 3.8) is 0 Å². The van der Waals surface area contributed by atoms with Gasteiger partial charge in [0, 0.05) is 92.7 Å². The second-order valence-electron chi connectivity index (χ2n) is 10.5. The Morgan fingerprint density at radius 2 is 1.83 bits per heavy atom. The molecule has 3 aromatic heterocycles. The number of aliphatic hydroxyl groups is 1. The molecule has 0 radical (unpaired) electrons. The van der Waals surface area contributed by atoms with Gasteiger partial charge < -0.3 is 19.6 Å². The summed E-state index contributed by atoms with van der Waals surface area (Å²) in [6.07, 6.45) is 7.66. The number of hydrogen-bond acceptors (Lipinski definition) is 9. The summed E-state index contributed by atoms with van der Waals surface area (Å²) in [5, 5.41) is 9.17. The van der Waals surface area contributed by atoms with Gasteiger partial charge in [-0.3, -0.25) is 14.1 Å². The molecule has 1 aromatic carbocycles. The predicted octanol–water partition coefficient (Wildman–Crippen LogP) is 2.56. The smallest absolute Gasteiger partial charge is 0.387 e. The van der Waals surface area contributed by atoms with Crippen LogP contribution in [0.2, 0.25) is 0 Å². The fourth-order valence-corrected chi connectivity index (χ4v) is 6.32. The summed E-state index contributed by atoms with van der Waals surface area (Å²) in [6, 6.07) is 4.38. The van der Waals surface area contributed by atoms with Crippen LogP contribution in [0.4, 0.5) is 14.7 Å². The van der Waals surface area contributed by atoms with Gasteiger partial charge in [0.2, 0.25) is 11.7 Å². The Morgan fingerprint density at radius 3 is 2.56 bits per heavy atom. The number of aliphatic hydroxyl groups excluding tert-OH is 1. The Balaban J connectivity index is 1.25. The summed E-state index contributed by atoms with van der Waals surface area (Å²) in [7, 11) is 1.71. The summed E-state index contributed by atoms with van der Waals surface area (Å²) < 4.78 is 33.5. The van der Waals surface area contributed by atoms with E-state index in [1.807, 2.05) is 10.6 Å². The van der Waals surface area contributed by atoms with Crippen LogP contribution in [0.15, 0.2) is 43.0 Å². The van der Waals surface area contributed by atoms with Gasteiger partial charge in [0.05, 0.1) is 24.0 Å². The van der Waals surface area contributed by atoms with Crippen LogP contribution in [0.1, 0.15) is 45.7 Å². The number of imidazole rings is 1. The lowest BCUT2D eigenvalue weighted by molar-refractivity contribution is -0.0506. The number of aromatic nitrogens is 5. The van der Waals surface area contributed by atoms with Crippen LogP contribution >= 0.6 is 0 Å². The van der Waals surface area contributed by atoms with Crippen molar-refractivity contribution in [3.8, 4) is 16.9 Å². The standard InChI is InChI=1S/C28H28F2N8O3/c1-35-20-11-19(22-18(25(35)40)3-2-4-21(22)41-26(29)30)24-23(20)34-28-33-14-17(15-38(24)28)16-12-31-27(32-13-16)37-7-5-36(6-8-37)9-10-39/h2-4,12-15,19-20,26,39H,5-11H2,1H3. The molecule has 1 amide bonds. The maximum absolute atomic E-state index is 13.4. The van der Waals surface area contributed by atoms with Crippen molar-refractivity contribution in [1.29, 1.82) is 0 Å². The maximum Gasteiger partial charge on any atom is 0.387 e. The Hall–Kier alpha value is -4.23. The summed E-state index contributed by atoms with van der Waals surface area (Å²) in [5.41, 5.74) is 3.87. The highest BCUT2D eigenvalue weighted by Gasteiger charge is 2.46. The minimum absolute atomic E-state index is 0.00185. The molecule has 2 atom stereocenters. The number of fused-ring (bicyclic) bond motifs is 9. The van der Waals surface area contributed by atoms with Crippen molar-refractivity contribution in [2.24, 2.45) is 0 Å². The number of anilines is 1. The first-order chi connectivity index (χ1) is 19.9. The monoisotopic (exact) mass is 562 g/mol. The topological polar surface area (TPSA) is 112 Å². The Kier molecular flexibility index (Phi) is 6.27. The Morgan fingerprint density at radius 1 is 1.07 bits per heavy atom. The average Bonchev–Trinajstić information content (AvgIpc) is 3.51. The van der Waals surface area contributed by atoms with Gasteiger partial charge in [-0.2, -0.15) is 8.78 Å². The molecule has 13 heteroatoms. The van der Waals surface area contributed by atoms with E-state index in [1.165, 1.54) is 6.07 Å². The molecule has 2 aliphatic heterocycles. The number of carbonyl (C=O) groups excluding carboxylic acids is 1. The average molecular weight is 563 g/mol. The molecule has 2 unspecified atom stereocenters. The first-order valence-corrected chi connectivity index (χ1v) is 13.6. The number of halogens is 2. The second kappa shape index (κ2) is 10.00. The van der Waals surface area contributed by atoms with Gasteiger partial charge in [0.25, 0.3) is 5.91 Å². The van der Waals surface area contributed by atoms with Crippen molar-refractivity contribution in [2.45, 2.75) is 25.0 Å². The summed E-state index contributed by atoms with van der Waals surface area (Å²) in [4.78, 5) is 37.8. The van der Waals surface area contributed by atoms with Gasteiger partial charge in [0.15, 0.2) is 0 Å². The fraction of sp³-hybridized carbons (Fsp3) is 0.393. The number of rotatable bonds is 6. The molecule has 1 fully saturated rings. The molecule has 4 aromatic rings. The van der Waals surface area contributed by atoms with Crippen molar-refractivity contribution in [2.75, 3.05) is 51.3 Å². The molecule has 3 aliphatic rings. The summed E-state index contributed by atoms with van der Waals surface area (Å²) in [6.45, 7) is 1.05. The number of amides is 1. The molecule has 0 saturated carbocycles. The van der Waals surface area contributed by atoms with E-state index in [0.29, 0.717) is 41.5 Å². The van der Waals surface area contributed by atoms with Crippen LogP contribution in [-0.4, -0.2) is 98.1 Å². The number of benzene rings is 1. The quantitative estimate of drug-likeness (QED) is 0.379. The molecule has 7 rings (SSSR count). The van der Waals surface area contributed by atoms with E-state index in [-0.39, 0.29) is 30.2 Å². The van der Waals surface area contributed by atoms with Crippen LogP contribution < -0.4 is 9.64 Å². The lowest BCUT2D eigenvalue weighted by Gasteiger charge is -2.34. The number of hydrogen-bond donors (Lipinski definition) is 1. The van der Waals surface area contributed by atoms with E-state index < -0.39 is 6.61 Å². The molecule has 212 valence electrons. The first kappa shape index (κ1) is 25.7. The normalized spacial score (nSPS) is 20.5. The van der Waals surface area contributed by atoms with Gasteiger partial charge in [0.1, 0.15) is 5.75 Å². The predicted molar refractivity (Wildman–Crippen MR) is 144 cm³/mol. The van der Waals surface area contributed by atoms with Crippen molar-refractivity contribution in [1.82, 2.24) is 34.1 Å². The minimum Gasteiger partial charge on any atom is -0.434 e. The van der Waals surface area contributed by atoms with Crippen molar-refractivity contribution >= 4 is 17.6 Å². The first-order valence-electron chi connectivity index (χ1n) is 13.6. The van der Waals surface area contributed by atoms with E-state index in [1.54, 1.807) is 42.7 Å². The third-order valence-corrected chi connectivity index (χ3v) is 8.34. The molecule has 2 bridgehead atoms. The van der Waals surface area contributed by atoms with E-state index in [2.05, 4.69) is 24.8 Å². The second-order valence-corrected chi connectivity index (χ2v) is 10.5. The third kappa shape index (κ3) is 4.27. The highest BCUT2D eigenvalue weighted by molar-refractivity contribution is 5.98. The van der Waals surface area contributed by atoms with Crippen LogP contribution in [0, 0.1) is 0 Å². The van der Waals surface area contributed by atoms with Gasteiger partial charge in [-0.1, -0.05) is 6.07 Å². The molecule has 1 saturated heterocycles. The molecule has 1 aliphatic carbocycles. The number of β-amino-alcohol motifs (C(OH)–C–C–N with tert-alkyl or cyclic N) is 1. The van der Waals surface area contributed by atoms with Crippen LogP contribution in [0.3, 0.4) is 0 Å². The van der Waals surface area contributed by atoms with Gasteiger partial charge in [-0.25, -0.2) is 19.9 Å². The number of alkyl halides is 2.